The average Bonchev–Trinajstić information content (AvgIpc) is 1.58. The van der Waals surface area contributed by atoms with Crippen LogP contribution in [0.1, 0.15) is 107 Å². The molecule has 98 heavy (non-hydrogen) atoms. The van der Waals surface area contributed by atoms with Crippen LogP contribution in [-0.4, -0.2) is 143 Å². The Labute approximate surface area is 575 Å². The van der Waals surface area contributed by atoms with Gasteiger partial charge in [-0.2, -0.15) is 15.3 Å². The Hall–Kier alpha value is -9.72. The predicted molar refractivity (Wildman–Crippen MR) is 374 cm³/mol. The van der Waals surface area contributed by atoms with Gasteiger partial charge in [0.25, 0.3) is 17.5 Å². The number of halogens is 2. The fraction of sp³-hybridized carbons (Fsp3) is 0.311. The maximum atomic E-state index is 14.8. The van der Waals surface area contributed by atoms with Gasteiger partial charge in [0, 0.05) is 82.1 Å². The second-order valence-corrected chi connectivity index (χ2v) is 26.1. The number of aliphatic hydroxyl groups excluding tert-OH is 1. The van der Waals surface area contributed by atoms with Gasteiger partial charge in [-0.1, -0.05) is 113 Å². The Balaban J connectivity index is 0.000000156. The minimum absolute atomic E-state index is 0.00557. The second-order valence-electron chi connectivity index (χ2n) is 25.2. The smallest absolute Gasteiger partial charge is 0.486 e. The van der Waals surface area contributed by atoms with Crippen LogP contribution < -0.4 is 20.3 Å². The number of aliphatic hydroxyl groups is 1. The number of carbonyl (C=O) groups excluding carboxylic acids is 5. The lowest BCUT2D eigenvalue weighted by Crippen LogP contribution is -2.48. The summed E-state index contributed by atoms with van der Waals surface area (Å²) < 4.78 is 48.9. The van der Waals surface area contributed by atoms with Gasteiger partial charge in [0.1, 0.15) is 19.3 Å². The lowest BCUT2D eigenvalue weighted by atomic mass is 9.78. The number of nitrogens with one attached hydrogen (secondary N) is 1. The molecule has 0 unspecified atom stereocenters. The first kappa shape index (κ1) is 71.1. The molecule has 0 saturated carbocycles. The van der Waals surface area contributed by atoms with Gasteiger partial charge in [0.05, 0.1) is 40.4 Å². The number of Topliss-reactive ketones (excluding diaryl/α,β-unsaturated/α-hetero) is 3. The number of rotatable bonds is 15. The van der Waals surface area contributed by atoms with Crippen LogP contribution in [0.5, 0.6) is 11.5 Å². The zero-order valence-corrected chi connectivity index (χ0v) is 58.0. The van der Waals surface area contributed by atoms with Crippen LogP contribution in [0.4, 0.5) is 4.39 Å². The van der Waals surface area contributed by atoms with Gasteiger partial charge in [-0.3, -0.25) is 33.2 Å². The van der Waals surface area contributed by atoms with E-state index in [1.54, 1.807) is 67.6 Å². The van der Waals surface area contributed by atoms with Gasteiger partial charge < -0.3 is 43.9 Å². The van der Waals surface area contributed by atoms with Crippen LogP contribution in [0.15, 0.2) is 144 Å². The average molecular weight is 1400 g/mol. The van der Waals surface area contributed by atoms with Crippen molar-refractivity contribution in [1.29, 1.82) is 0 Å². The Morgan fingerprint density at radius 1 is 0.612 bits per heavy atom. The molecule has 7 aromatic carbocycles. The molecule has 3 aromatic heterocycles. The number of aromatic nitrogens is 6. The molecule has 6 heterocycles. The summed E-state index contributed by atoms with van der Waals surface area (Å²) in [5.41, 5.74) is 10.8. The zero-order chi connectivity index (χ0) is 70.5. The summed E-state index contributed by atoms with van der Waals surface area (Å²) >= 11 is 3.42. The molecule has 2 atom stereocenters. The molecule has 3 aliphatic rings. The number of aryl methyl sites for hydroxylation is 6. The Morgan fingerprint density at radius 3 is 1.56 bits per heavy atom. The first-order valence-electron chi connectivity index (χ1n) is 32.1. The number of fused-ring (bicyclic) bond motifs is 4. The first-order chi connectivity index (χ1) is 46.6. The maximum Gasteiger partial charge on any atom is 0.494 e. The number of carboxylic acids is 1. The van der Waals surface area contributed by atoms with Gasteiger partial charge in [-0.25, -0.2) is 14.0 Å². The number of aliphatic carboxylic acids is 1. The summed E-state index contributed by atoms with van der Waals surface area (Å²) in [7, 11) is 5.28. The van der Waals surface area contributed by atoms with E-state index in [-0.39, 0.29) is 48.0 Å². The molecule has 2 fully saturated rings. The third kappa shape index (κ3) is 15.8. The number of nitrogens with zero attached hydrogens (tertiary/aromatic N) is 7. The van der Waals surface area contributed by atoms with E-state index in [1.165, 1.54) is 35.3 Å². The van der Waals surface area contributed by atoms with Gasteiger partial charge in [0.15, 0.2) is 17.3 Å². The monoisotopic (exact) mass is 1390 g/mol. The molecule has 10 aromatic rings. The van der Waals surface area contributed by atoms with Gasteiger partial charge in [-0.05, 0) is 157 Å². The highest BCUT2D eigenvalue weighted by Crippen LogP contribution is 2.38. The number of esters is 1. The SMILES string of the molecule is CCOC(=O)C(=O)c1ccc(B2OC(C)(C)C(C)(C)O2)cc1.Cc1c2ccc(-c3ccc(C(=O)C(=O)N[C@H](CN4CCCC4)[C@H](O)c4cc(F)c5c(c4)OCCO5)cc3)cc2nn1C.Cc1c2ccc(-c3ccc(C(=O)C(=O)O)cc3)cc2nn1C.Cc1c2ccc(Br)cc2nn1C. The molecule has 2 saturated heterocycles. The maximum absolute atomic E-state index is 14.8. The number of ether oxygens (including phenoxy) is 3. The summed E-state index contributed by atoms with van der Waals surface area (Å²) in [6, 6.07) is 40.0. The molecule has 3 N–H and O–H groups in total. The topological polar surface area (TPSA) is 258 Å². The van der Waals surface area contributed by atoms with E-state index < -0.39 is 71.5 Å². The van der Waals surface area contributed by atoms with Gasteiger partial charge in [0.2, 0.25) is 5.78 Å². The summed E-state index contributed by atoms with van der Waals surface area (Å²) in [4.78, 5) is 73.8. The van der Waals surface area contributed by atoms with Crippen molar-refractivity contribution in [3.63, 3.8) is 0 Å². The highest BCUT2D eigenvalue weighted by Gasteiger charge is 2.51. The third-order valence-electron chi connectivity index (χ3n) is 18.2. The van der Waals surface area contributed by atoms with Crippen molar-refractivity contribution in [2.75, 3.05) is 39.5 Å². The van der Waals surface area contributed by atoms with E-state index in [0.717, 1.165) is 96.8 Å². The normalized spacial score (nSPS) is 15.1. The Kier molecular flexibility index (Phi) is 21.7. The number of hydrogen-bond acceptors (Lipinski definition) is 16. The molecular formula is C74H77BBrFN8O13. The third-order valence-corrected chi connectivity index (χ3v) is 18.7. The number of amides is 1. The van der Waals surface area contributed by atoms with Crippen LogP contribution in [0.25, 0.3) is 55.0 Å². The zero-order valence-electron chi connectivity index (χ0n) is 56.4. The molecule has 508 valence electrons. The molecule has 1 amide bonds. The molecule has 21 nitrogen and oxygen atoms in total. The quantitative estimate of drug-likeness (QED) is 0.0373. The Morgan fingerprint density at radius 2 is 1.06 bits per heavy atom. The van der Waals surface area contributed by atoms with Crippen molar-refractivity contribution < 1.29 is 66.9 Å². The highest BCUT2D eigenvalue weighted by atomic mass is 79.9. The van der Waals surface area contributed by atoms with Crippen molar-refractivity contribution in [2.45, 2.75) is 91.6 Å². The van der Waals surface area contributed by atoms with E-state index >= 15 is 0 Å². The number of benzene rings is 7. The van der Waals surface area contributed by atoms with E-state index in [2.05, 4.69) is 54.4 Å². The van der Waals surface area contributed by atoms with E-state index in [9.17, 15) is 38.3 Å². The molecule has 0 bridgehead atoms. The van der Waals surface area contributed by atoms with Gasteiger partial charge >= 0.3 is 19.1 Å². The largest absolute Gasteiger partial charge is 0.494 e. The molecule has 0 radical (unpaired) electrons. The number of ketones is 3. The first-order valence-corrected chi connectivity index (χ1v) is 32.9. The van der Waals surface area contributed by atoms with Crippen LogP contribution in [0.3, 0.4) is 0 Å². The number of carboxylic acid groups (broad SMARTS) is 1. The fourth-order valence-electron chi connectivity index (χ4n) is 11.5. The van der Waals surface area contributed by atoms with Crippen molar-refractivity contribution in [3.05, 3.63) is 189 Å². The molecule has 3 aliphatic heterocycles. The summed E-state index contributed by atoms with van der Waals surface area (Å²) in [6.07, 6.45) is 0.737. The Bertz CT molecular complexity index is 4640. The van der Waals surface area contributed by atoms with Crippen molar-refractivity contribution >= 4 is 96.4 Å². The standard InChI is InChI=1S/C32H33FN4O5.C17H14N2O3.C16H21BO5.C9H9BrN2/c1-19-24-10-9-22(16-26(24)35-36(19)2)20-5-7-21(8-6-20)30(39)32(40)34-27(18-37-11-3-4-12-37)29(38)23-15-25(33)31-28(17-23)41-13-14-42-31;1-10-14-8-7-13(9-15(14)18-19(10)2)11-3-5-12(6-4-11)16(20)17(21)22;1-6-20-14(19)13(18)11-7-9-12(10-8-11)17-21-15(2,3)16(4,5)22-17;1-6-8-4-3-7(10)5-9(8)11-12(6)2/h5-10,15-17,27,29,38H,3-4,11-14,18H2,1-2H3,(H,34,40);3-9H,1-2H3,(H,21,22);7-10H,6H2,1-5H3;3-5H,1-2H3/t27-,29-;;;/m1.../s1. The summed E-state index contributed by atoms with van der Waals surface area (Å²) in [6.45, 7) is 18.3. The second kappa shape index (κ2) is 30.0. The lowest BCUT2D eigenvalue weighted by molar-refractivity contribution is -0.137. The molecule has 24 heteroatoms. The molecular weight excluding hydrogens is 1320 g/mol. The highest BCUT2D eigenvalue weighted by molar-refractivity contribution is 9.10. The molecule has 13 rings (SSSR count). The van der Waals surface area contributed by atoms with E-state index in [1.807, 2.05) is 125 Å². The summed E-state index contributed by atoms with van der Waals surface area (Å²) in [5.74, 6) is -5.84. The molecule has 0 aliphatic carbocycles. The van der Waals surface area contributed by atoms with Crippen LogP contribution in [-0.2, 0) is 49.6 Å². The predicted octanol–water partition coefficient (Wildman–Crippen LogP) is 11.1. The lowest BCUT2D eigenvalue weighted by Gasteiger charge is -2.32. The van der Waals surface area contributed by atoms with Crippen LogP contribution >= 0.6 is 15.9 Å². The molecule has 0 spiro atoms. The minimum Gasteiger partial charge on any atom is -0.486 e. The van der Waals surface area contributed by atoms with Crippen LogP contribution in [0.2, 0.25) is 0 Å². The van der Waals surface area contributed by atoms with Gasteiger partial charge in [-0.15, -0.1) is 0 Å². The fourth-order valence-corrected chi connectivity index (χ4v) is 11.9. The van der Waals surface area contributed by atoms with Crippen molar-refractivity contribution in [3.8, 4) is 33.8 Å². The number of carbonyl (C=O) groups is 6. The summed E-state index contributed by atoms with van der Waals surface area (Å²) in [5, 5.41) is 39.5. The van der Waals surface area contributed by atoms with E-state index in [4.69, 9.17) is 28.6 Å². The number of likely N-dealkylation sites (tertiary alicyclic amines) is 1. The van der Waals surface area contributed by atoms with Crippen LogP contribution in [0, 0.1) is 26.6 Å². The number of hydrogen-bond donors (Lipinski definition) is 3. The van der Waals surface area contributed by atoms with E-state index in [0.29, 0.717) is 12.1 Å². The van der Waals surface area contributed by atoms with Crippen molar-refractivity contribution in [1.82, 2.24) is 39.6 Å². The minimum atomic E-state index is -1.45. The van der Waals surface area contributed by atoms with Crippen molar-refractivity contribution in [2.24, 2.45) is 21.1 Å².